The molecule has 21 heavy (non-hydrogen) atoms. The van der Waals surface area contributed by atoms with E-state index in [2.05, 4.69) is 5.32 Å². The lowest BCUT2D eigenvalue weighted by molar-refractivity contribution is -0.139. The van der Waals surface area contributed by atoms with Crippen molar-refractivity contribution in [3.05, 3.63) is 63.6 Å². The summed E-state index contributed by atoms with van der Waals surface area (Å²) in [6.07, 6.45) is 0.255. The van der Waals surface area contributed by atoms with Crippen LogP contribution in [0.25, 0.3) is 0 Å². The molecular weight excluding hydrogens is 309 g/mol. The number of methoxy groups -OCH3 is 1. The highest BCUT2D eigenvalue weighted by Crippen LogP contribution is 2.23. The van der Waals surface area contributed by atoms with Gasteiger partial charge in [-0.3, -0.25) is 4.79 Å². The van der Waals surface area contributed by atoms with Gasteiger partial charge in [-0.05, 0) is 29.3 Å². The van der Waals surface area contributed by atoms with E-state index in [1.54, 1.807) is 18.2 Å². The van der Waals surface area contributed by atoms with Crippen LogP contribution >= 0.6 is 23.2 Å². The molecule has 0 heterocycles. The quantitative estimate of drug-likeness (QED) is 0.833. The Morgan fingerprint density at radius 3 is 2.33 bits per heavy atom. The number of hydrogen-bond acceptors (Lipinski definition) is 3. The molecule has 0 unspecified atom stereocenters. The van der Waals surface area contributed by atoms with Gasteiger partial charge in [0.05, 0.1) is 13.5 Å². The second-order valence-electron chi connectivity index (χ2n) is 4.53. The summed E-state index contributed by atoms with van der Waals surface area (Å²) in [6.45, 7) is 0.573. The van der Waals surface area contributed by atoms with E-state index >= 15 is 0 Å². The molecule has 0 radical (unpaired) electrons. The van der Waals surface area contributed by atoms with Gasteiger partial charge in [0.25, 0.3) is 0 Å². The first-order valence-electron chi connectivity index (χ1n) is 6.42. The molecule has 0 aliphatic rings. The molecule has 0 fully saturated rings. The third kappa shape index (κ3) is 4.66. The lowest BCUT2D eigenvalue weighted by Gasteiger charge is -2.11. The number of carbonyl (C=O) groups is 1. The van der Waals surface area contributed by atoms with Gasteiger partial charge in [-0.25, -0.2) is 0 Å². The number of nitrogens with one attached hydrogen (secondary N) is 1. The fraction of sp³-hybridized carbons (Fsp3) is 0.188. The molecule has 110 valence electrons. The maximum Gasteiger partial charge on any atom is 0.309 e. The van der Waals surface area contributed by atoms with E-state index < -0.39 is 0 Å². The molecule has 0 spiro atoms. The van der Waals surface area contributed by atoms with Gasteiger partial charge in [-0.2, -0.15) is 0 Å². The van der Waals surface area contributed by atoms with Gasteiger partial charge >= 0.3 is 5.97 Å². The summed E-state index contributed by atoms with van der Waals surface area (Å²) >= 11 is 11.9. The smallest absolute Gasteiger partial charge is 0.309 e. The molecule has 0 saturated heterocycles. The molecule has 0 aliphatic carbocycles. The van der Waals surface area contributed by atoms with Gasteiger partial charge in [0.1, 0.15) is 0 Å². The van der Waals surface area contributed by atoms with Crippen LogP contribution in [0.3, 0.4) is 0 Å². The predicted octanol–water partition coefficient (Wildman–Crippen LogP) is 4.32. The Balaban J connectivity index is 2.10. The molecule has 0 aliphatic heterocycles. The van der Waals surface area contributed by atoms with E-state index in [1.807, 2.05) is 24.3 Å². The van der Waals surface area contributed by atoms with Crippen molar-refractivity contribution in [3.8, 4) is 0 Å². The number of rotatable bonds is 5. The fourth-order valence-electron chi connectivity index (χ4n) is 1.98. The van der Waals surface area contributed by atoms with Crippen LogP contribution in [0.1, 0.15) is 11.1 Å². The molecule has 5 heteroatoms. The van der Waals surface area contributed by atoms with E-state index in [9.17, 15) is 4.79 Å². The van der Waals surface area contributed by atoms with Crippen molar-refractivity contribution >= 4 is 34.9 Å². The molecule has 0 saturated carbocycles. The Hall–Kier alpha value is -1.71. The molecule has 0 aromatic heterocycles. The number of benzene rings is 2. The third-order valence-corrected chi connectivity index (χ3v) is 3.46. The van der Waals surface area contributed by atoms with Gasteiger partial charge in [0.2, 0.25) is 0 Å². The zero-order valence-corrected chi connectivity index (χ0v) is 13.0. The monoisotopic (exact) mass is 323 g/mol. The van der Waals surface area contributed by atoms with Gasteiger partial charge in [-0.15, -0.1) is 0 Å². The van der Waals surface area contributed by atoms with Crippen LogP contribution in [-0.2, 0) is 22.5 Å². The zero-order valence-electron chi connectivity index (χ0n) is 11.5. The first-order chi connectivity index (χ1) is 10.1. The fourth-order valence-corrected chi connectivity index (χ4v) is 2.51. The van der Waals surface area contributed by atoms with E-state index in [4.69, 9.17) is 27.9 Å². The molecule has 1 N–H and O–H groups in total. The molecule has 2 rings (SSSR count). The Morgan fingerprint density at radius 2 is 1.71 bits per heavy atom. The first kappa shape index (κ1) is 15.7. The van der Waals surface area contributed by atoms with Crippen LogP contribution in [0.2, 0.25) is 10.0 Å². The maximum absolute atomic E-state index is 11.4. The van der Waals surface area contributed by atoms with Crippen molar-refractivity contribution in [1.82, 2.24) is 0 Å². The lowest BCUT2D eigenvalue weighted by Crippen LogP contribution is -2.09. The van der Waals surface area contributed by atoms with Crippen molar-refractivity contribution < 1.29 is 9.53 Å². The standard InChI is InChI=1S/C16H15Cl2NO2/c1-21-16(20)6-11-4-2-3-5-12(11)10-19-15-8-13(17)7-14(18)9-15/h2-5,7-9,19H,6,10H2,1H3. The van der Waals surface area contributed by atoms with Crippen LogP contribution in [0.4, 0.5) is 5.69 Å². The van der Waals surface area contributed by atoms with Crippen LogP contribution < -0.4 is 5.32 Å². The van der Waals surface area contributed by atoms with E-state index in [-0.39, 0.29) is 12.4 Å². The molecule has 0 atom stereocenters. The Morgan fingerprint density at radius 1 is 1.10 bits per heavy atom. The number of hydrogen-bond donors (Lipinski definition) is 1. The zero-order chi connectivity index (χ0) is 15.2. The average Bonchev–Trinajstić information content (AvgIpc) is 2.45. The van der Waals surface area contributed by atoms with Gasteiger partial charge < -0.3 is 10.1 Å². The van der Waals surface area contributed by atoms with E-state index in [1.165, 1.54) is 7.11 Å². The minimum absolute atomic E-state index is 0.255. The Bertz CT molecular complexity index is 624. The van der Waals surface area contributed by atoms with Gasteiger partial charge in [0.15, 0.2) is 0 Å². The molecule has 2 aromatic carbocycles. The van der Waals surface area contributed by atoms with E-state index in [0.29, 0.717) is 16.6 Å². The summed E-state index contributed by atoms with van der Waals surface area (Å²) in [5, 5.41) is 4.41. The van der Waals surface area contributed by atoms with Crippen LogP contribution in [0.5, 0.6) is 0 Å². The highest BCUT2D eigenvalue weighted by Gasteiger charge is 2.07. The molecule has 0 bridgehead atoms. The highest BCUT2D eigenvalue weighted by molar-refractivity contribution is 6.35. The molecule has 2 aromatic rings. The minimum atomic E-state index is -0.256. The third-order valence-electron chi connectivity index (χ3n) is 3.03. The van der Waals surface area contributed by atoms with Crippen LogP contribution in [-0.4, -0.2) is 13.1 Å². The summed E-state index contributed by atoms with van der Waals surface area (Å²) in [4.78, 5) is 11.4. The SMILES string of the molecule is COC(=O)Cc1ccccc1CNc1cc(Cl)cc(Cl)c1. The average molecular weight is 324 g/mol. The molecular formula is C16H15Cl2NO2. The summed E-state index contributed by atoms with van der Waals surface area (Å²) in [7, 11) is 1.39. The molecule has 0 amide bonds. The highest BCUT2D eigenvalue weighted by atomic mass is 35.5. The lowest BCUT2D eigenvalue weighted by atomic mass is 10.0. The number of halogens is 2. The Kier molecular flexibility index (Phi) is 5.48. The summed E-state index contributed by atoms with van der Waals surface area (Å²) < 4.78 is 4.71. The first-order valence-corrected chi connectivity index (χ1v) is 7.17. The topological polar surface area (TPSA) is 38.3 Å². The number of ether oxygens (including phenoxy) is 1. The van der Waals surface area contributed by atoms with Gasteiger partial charge in [0, 0.05) is 22.3 Å². The van der Waals surface area contributed by atoms with Crippen molar-refractivity contribution in [1.29, 1.82) is 0 Å². The predicted molar refractivity (Wildman–Crippen MR) is 86.0 cm³/mol. The minimum Gasteiger partial charge on any atom is -0.469 e. The summed E-state index contributed by atoms with van der Waals surface area (Å²) in [5.41, 5.74) is 2.80. The van der Waals surface area contributed by atoms with Gasteiger partial charge in [-0.1, -0.05) is 47.5 Å². The number of anilines is 1. The van der Waals surface area contributed by atoms with Crippen molar-refractivity contribution in [2.75, 3.05) is 12.4 Å². The normalized spacial score (nSPS) is 10.2. The maximum atomic E-state index is 11.4. The second kappa shape index (κ2) is 7.34. The number of carbonyl (C=O) groups excluding carboxylic acids is 1. The number of esters is 1. The summed E-state index contributed by atoms with van der Waals surface area (Å²) in [6, 6.07) is 13.0. The molecule has 3 nitrogen and oxygen atoms in total. The van der Waals surface area contributed by atoms with Crippen molar-refractivity contribution in [3.63, 3.8) is 0 Å². The van der Waals surface area contributed by atoms with Crippen molar-refractivity contribution in [2.24, 2.45) is 0 Å². The second-order valence-corrected chi connectivity index (χ2v) is 5.41. The van der Waals surface area contributed by atoms with Crippen LogP contribution in [0.15, 0.2) is 42.5 Å². The largest absolute Gasteiger partial charge is 0.469 e. The Labute approximate surface area is 133 Å². The van der Waals surface area contributed by atoms with E-state index in [0.717, 1.165) is 16.8 Å². The van der Waals surface area contributed by atoms with Crippen LogP contribution in [0, 0.1) is 0 Å². The summed E-state index contributed by atoms with van der Waals surface area (Å²) in [5.74, 6) is -0.256. The van der Waals surface area contributed by atoms with Crippen molar-refractivity contribution in [2.45, 2.75) is 13.0 Å².